The van der Waals surface area contributed by atoms with Gasteiger partial charge in [0.1, 0.15) is 0 Å². The highest BCUT2D eigenvalue weighted by atomic mass is 32.1. The van der Waals surface area contributed by atoms with Gasteiger partial charge >= 0.3 is 0 Å². The van der Waals surface area contributed by atoms with E-state index in [-0.39, 0.29) is 0 Å². The zero-order valence-corrected chi connectivity index (χ0v) is 11.8. The van der Waals surface area contributed by atoms with Gasteiger partial charge in [0.15, 0.2) is 0 Å². The van der Waals surface area contributed by atoms with Crippen LogP contribution < -0.4 is 0 Å². The van der Waals surface area contributed by atoms with Crippen molar-refractivity contribution in [2.24, 2.45) is 0 Å². The van der Waals surface area contributed by atoms with Crippen LogP contribution in [-0.2, 0) is 0 Å². The number of thiol groups is 1. The molecule has 0 amide bonds. The number of rotatable bonds is 1. The van der Waals surface area contributed by atoms with Crippen molar-refractivity contribution in [2.75, 3.05) is 12.8 Å². The van der Waals surface area contributed by atoms with Crippen molar-refractivity contribution >= 4 is 12.6 Å². The van der Waals surface area contributed by atoms with Crippen LogP contribution in [-0.4, -0.2) is 23.7 Å². The monoisotopic (exact) mass is 219 g/mol. The average molecular weight is 219 g/mol. The Labute approximate surface area is 97.0 Å². The van der Waals surface area contributed by atoms with E-state index >= 15 is 0 Å². The molecule has 1 unspecified atom stereocenters. The van der Waals surface area contributed by atoms with Crippen LogP contribution in [0.15, 0.2) is 12.8 Å². The van der Waals surface area contributed by atoms with Gasteiger partial charge in [-0.15, -0.1) is 0 Å². The lowest BCUT2D eigenvalue weighted by Gasteiger charge is -2.16. The molecule has 0 bridgehead atoms. The summed E-state index contributed by atoms with van der Waals surface area (Å²) in [5.41, 5.74) is 0. The highest BCUT2D eigenvalue weighted by Gasteiger charge is 2.14. The van der Waals surface area contributed by atoms with E-state index in [0.717, 1.165) is 6.04 Å². The second-order valence-electron chi connectivity index (χ2n) is 2.41. The Hall–Kier alpha value is -0.110. The summed E-state index contributed by atoms with van der Waals surface area (Å²) in [5, 5.41) is 0. The van der Waals surface area contributed by atoms with Crippen molar-refractivity contribution in [1.29, 1.82) is 0 Å². The van der Waals surface area contributed by atoms with Crippen LogP contribution in [0, 0.1) is 0 Å². The molecular formula is C12H29NS. The molecule has 1 aliphatic heterocycles. The molecular weight excluding hydrogens is 190 g/mol. The van der Waals surface area contributed by atoms with Crippen LogP contribution in [0.5, 0.6) is 0 Å². The van der Waals surface area contributed by atoms with Gasteiger partial charge < -0.3 is 4.90 Å². The van der Waals surface area contributed by atoms with Crippen molar-refractivity contribution in [1.82, 2.24) is 4.90 Å². The molecule has 0 N–H and O–H groups in total. The van der Waals surface area contributed by atoms with Crippen LogP contribution in [0.4, 0.5) is 0 Å². The summed E-state index contributed by atoms with van der Waals surface area (Å²) < 4.78 is 0. The first-order valence-corrected chi connectivity index (χ1v) is 6.57. The largest absolute Gasteiger partial charge is 0.375 e. The van der Waals surface area contributed by atoms with Gasteiger partial charge in [-0.3, -0.25) is 0 Å². The maximum atomic E-state index is 3.72. The van der Waals surface area contributed by atoms with Gasteiger partial charge in [-0.2, -0.15) is 12.6 Å². The molecule has 14 heavy (non-hydrogen) atoms. The summed E-state index contributed by atoms with van der Waals surface area (Å²) >= 11 is 3.53. The minimum atomic E-state index is 0.743. The topological polar surface area (TPSA) is 3.24 Å². The zero-order chi connectivity index (χ0) is 12.0. The normalized spacial score (nSPS) is 17.6. The molecule has 0 aromatic heterocycles. The first kappa shape index (κ1) is 19.5. The fraction of sp³-hybridized carbons (Fsp3) is 0.833. The van der Waals surface area contributed by atoms with E-state index in [1.54, 1.807) is 6.26 Å². The van der Waals surface area contributed by atoms with Crippen LogP contribution in [0.1, 0.15) is 47.5 Å². The van der Waals surface area contributed by atoms with Gasteiger partial charge in [0.05, 0.1) is 0 Å². The van der Waals surface area contributed by atoms with Gasteiger partial charge in [-0.05, 0) is 32.2 Å². The van der Waals surface area contributed by atoms with Gasteiger partial charge in [-0.1, -0.05) is 34.3 Å². The predicted molar refractivity (Wildman–Crippen MR) is 73.2 cm³/mol. The van der Waals surface area contributed by atoms with E-state index in [1.807, 2.05) is 33.9 Å². The number of likely N-dealkylation sites (tertiary alicyclic amines) is 1. The van der Waals surface area contributed by atoms with Crippen molar-refractivity contribution in [3.63, 3.8) is 0 Å². The van der Waals surface area contributed by atoms with Crippen molar-refractivity contribution in [2.45, 2.75) is 53.5 Å². The second kappa shape index (κ2) is 18.6. The molecule has 1 fully saturated rings. The minimum Gasteiger partial charge on any atom is -0.375 e. The van der Waals surface area contributed by atoms with E-state index in [4.69, 9.17) is 0 Å². The Kier molecular flexibility index (Phi) is 25.9. The smallest absolute Gasteiger partial charge is 0.0256 e. The Balaban J connectivity index is -0.000000174. The van der Waals surface area contributed by atoms with Crippen LogP contribution in [0.3, 0.4) is 0 Å². The van der Waals surface area contributed by atoms with Gasteiger partial charge in [-0.25, -0.2) is 0 Å². The molecule has 1 rings (SSSR count). The minimum absolute atomic E-state index is 0.743. The molecule has 0 aromatic rings. The molecule has 1 nitrogen and oxygen atoms in total. The van der Waals surface area contributed by atoms with Crippen molar-refractivity contribution in [3.8, 4) is 0 Å². The SMILES string of the molecule is C=CN1CCCC1C.CC.CC.CS. The summed E-state index contributed by atoms with van der Waals surface area (Å²) in [5.74, 6) is 0. The fourth-order valence-corrected chi connectivity index (χ4v) is 1.23. The molecule has 0 aromatic carbocycles. The molecule has 0 saturated carbocycles. The van der Waals surface area contributed by atoms with E-state index < -0.39 is 0 Å². The van der Waals surface area contributed by atoms with Crippen molar-refractivity contribution in [3.05, 3.63) is 12.8 Å². The standard InChI is InChI=1S/C7H13N.2C2H6.CH4S/c1-3-8-6-4-5-7(8)2;3*1-2/h3,7H,1,4-6H2,2H3;2*1-2H3;2H,1H3. The Morgan fingerprint density at radius 3 is 1.79 bits per heavy atom. The summed E-state index contributed by atoms with van der Waals surface area (Å²) in [6, 6.07) is 0.743. The van der Waals surface area contributed by atoms with Crippen LogP contribution in [0.2, 0.25) is 0 Å². The molecule has 0 spiro atoms. The first-order chi connectivity index (χ1) is 6.84. The highest BCUT2D eigenvalue weighted by molar-refractivity contribution is 7.79. The molecule has 1 atom stereocenters. The maximum Gasteiger partial charge on any atom is 0.0256 e. The van der Waals surface area contributed by atoms with Crippen LogP contribution >= 0.6 is 12.6 Å². The molecule has 1 heterocycles. The summed E-state index contributed by atoms with van der Waals surface area (Å²) in [6.07, 6.45) is 6.32. The zero-order valence-electron chi connectivity index (χ0n) is 10.9. The lowest BCUT2D eigenvalue weighted by molar-refractivity contribution is 0.373. The van der Waals surface area contributed by atoms with Crippen molar-refractivity contribution < 1.29 is 0 Å². The highest BCUT2D eigenvalue weighted by Crippen LogP contribution is 2.15. The van der Waals surface area contributed by atoms with Gasteiger partial charge in [0, 0.05) is 12.6 Å². The third-order valence-corrected chi connectivity index (χ3v) is 1.84. The molecule has 0 radical (unpaired) electrons. The molecule has 0 aliphatic carbocycles. The number of hydrogen-bond donors (Lipinski definition) is 1. The van der Waals surface area contributed by atoms with E-state index in [2.05, 4.69) is 31.0 Å². The summed E-state index contributed by atoms with van der Waals surface area (Å²) in [4.78, 5) is 2.29. The number of nitrogens with zero attached hydrogens (tertiary/aromatic N) is 1. The van der Waals surface area contributed by atoms with Gasteiger partial charge in [0.25, 0.3) is 0 Å². The fourth-order valence-electron chi connectivity index (χ4n) is 1.23. The quantitative estimate of drug-likeness (QED) is 0.647. The first-order valence-electron chi connectivity index (χ1n) is 5.67. The molecule has 1 saturated heterocycles. The Morgan fingerprint density at radius 1 is 1.21 bits per heavy atom. The molecule has 2 heteroatoms. The third-order valence-electron chi connectivity index (χ3n) is 1.84. The predicted octanol–water partition coefficient (Wildman–Crippen LogP) is 4.21. The number of hydrogen-bond acceptors (Lipinski definition) is 2. The lowest BCUT2D eigenvalue weighted by atomic mass is 10.2. The summed E-state index contributed by atoms with van der Waals surface area (Å²) in [6.45, 7) is 15.2. The average Bonchev–Trinajstić information content (AvgIpc) is 2.72. The molecule has 1 aliphatic rings. The Bertz CT molecular complexity index is 94.3. The van der Waals surface area contributed by atoms with E-state index in [1.165, 1.54) is 19.4 Å². The van der Waals surface area contributed by atoms with Gasteiger partial charge in [0.2, 0.25) is 0 Å². The third kappa shape index (κ3) is 9.97. The van der Waals surface area contributed by atoms with E-state index in [0.29, 0.717) is 0 Å². The second-order valence-corrected chi connectivity index (χ2v) is 2.41. The summed E-state index contributed by atoms with van der Waals surface area (Å²) in [7, 11) is 0. The Morgan fingerprint density at radius 2 is 1.64 bits per heavy atom. The lowest BCUT2D eigenvalue weighted by Crippen LogP contribution is -2.19. The maximum absolute atomic E-state index is 3.72. The van der Waals surface area contributed by atoms with Crippen LogP contribution in [0.25, 0.3) is 0 Å². The molecule has 88 valence electrons. The van der Waals surface area contributed by atoms with E-state index in [9.17, 15) is 0 Å².